The number of esters is 1. The minimum absolute atomic E-state index is 0.205. The van der Waals surface area contributed by atoms with E-state index in [1.165, 1.54) is 0 Å². The number of carbonyl (C=O) groups excluding carboxylic acids is 1. The number of nitrogens with zero attached hydrogens (tertiary/aromatic N) is 5. The maximum absolute atomic E-state index is 12.9. The summed E-state index contributed by atoms with van der Waals surface area (Å²) >= 11 is 5.88. The number of hydrogen-bond donors (Lipinski definition) is 0. The third kappa shape index (κ3) is 4.76. The smallest absolute Gasteiger partial charge is 0.316 e. The first kappa shape index (κ1) is 24.1. The van der Waals surface area contributed by atoms with E-state index in [1.807, 2.05) is 54.9 Å². The van der Waals surface area contributed by atoms with E-state index in [-0.39, 0.29) is 5.97 Å². The number of carbonyl (C=O) groups is 1. The number of halogens is 1. The van der Waals surface area contributed by atoms with Crippen molar-refractivity contribution < 1.29 is 18.8 Å². The Labute approximate surface area is 213 Å². The summed E-state index contributed by atoms with van der Waals surface area (Å²) in [7, 11) is 0. The molecule has 3 aromatic heterocycles. The molecule has 0 radical (unpaired) electrons. The summed E-state index contributed by atoms with van der Waals surface area (Å²) in [5.74, 6) is 0.573. The van der Waals surface area contributed by atoms with Crippen molar-refractivity contribution in [3.8, 4) is 23.0 Å². The van der Waals surface area contributed by atoms with E-state index in [0.717, 1.165) is 22.4 Å². The Hall–Kier alpha value is -3.56. The summed E-state index contributed by atoms with van der Waals surface area (Å²) in [6, 6.07) is 13.2. The molecule has 0 spiro atoms. The molecule has 0 aliphatic carbocycles. The lowest BCUT2D eigenvalue weighted by molar-refractivity contribution is -0.154. The molecule has 0 amide bonds. The average molecular weight is 508 g/mol. The van der Waals surface area contributed by atoms with Gasteiger partial charge in [0.25, 0.3) is 5.89 Å². The van der Waals surface area contributed by atoms with Crippen LogP contribution in [0.3, 0.4) is 0 Å². The number of hydrogen-bond acceptors (Lipinski definition) is 8. The van der Waals surface area contributed by atoms with E-state index in [4.69, 9.17) is 25.6 Å². The molecule has 1 aliphatic rings. The minimum atomic E-state index is -0.695. The second-order valence-corrected chi connectivity index (χ2v) is 9.12. The highest BCUT2D eigenvalue weighted by Gasteiger charge is 2.43. The van der Waals surface area contributed by atoms with Crippen LogP contribution in [-0.4, -0.2) is 50.7 Å². The highest BCUT2D eigenvalue weighted by atomic mass is 35.5. The van der Waals surface area contributed by atoms with Gasteiger partial charge in [0.2, 0.25) is 5.82 Å². The molecule has 36 heavy (non-hydrogen) atoms. The molecule has 1 saturated heterocycles. The van der Waals surface area contributed by atoms with Gasteiger partial charge in [-0.2, -0.15) is 10.1 Å². The van der Waals surface area contributed by atoms with Crippen LogP contribution in [0.5, 0.6) is 0 Å². The summed E-state index contributed by atoms with van der Waals surface area (Å²) in [6.45, 7) is 5.72. The second kappa shape index (κ2) is 10.2. The van der Waals surface area contributed by atoms with Gasteiger partial charge in [0.1, 0.15) is 5.15 Å². The van der Waals surface area contributed by atoms with Crippen LogP contribution in [0.1, 0.15) is 36.6 Å². The molecule has 5 rings (SSSR count). The van der Waals surface area contributed by atoms with Crippen LogP contribution in [0, 0.1) is 6.92 Å². The van der Waals surface area contributed by atoms with E-state index in [1.54, 1.807) is 12.3 Å². The van der Waals surface area contributed by atoms with Crippen LogP contribution in [0.15, 0.2) is 53.2 Å². The van der Waals surface area contributed by atoms with Crippen LogP contribution >= 0.6 is 11.6 Å². The fourth-order valence-corrected chi connectivity index (χ4v) is 4.54. The molecule has 0 atom stereocenters. The Bertz CT molecular complexity index is 1340. The first-order valence-corrected chi connectivity index (χ1v) is 12.2. The lowest BCUT2D eigenvalue weighted by atomic mass is 9.74. The molecule has 186 valence electrons. The Morgan fingerprint density at radius 1 is 1.17 bits per heavy atom. The summed E-state index contributed by atoms with van der Waals surface area (Å²) in [5.41, 5.74) is 3.51. The number of benzene rings is 1. The van der Waals surface area contributed by atoms with Gasteiger partial charge in [-0.05, 0) is 49.9 Å². The van der Waals surface area contributed by atoms with Crippen molar-refractivity contribution >= 4 is 17.6 Å². The molecular weight excluding hydrogens is 482 g/mol. The molecule has 1 aromatic carbocycles. The van der Waals surface area contributed by atoms with Crippen molar-refractivity contribution in [2.24, 2.45) is 0 Å². The molecule has 1 fully saturated rings. The van der Waals surface area contributed by atoms with Gasteiger partial charge in [0, 0.05) is 30.7 Å². The van der Waals surface area contributed by atoms with E-state index in [0.29, 0.717) is 61.8 Å². The van der Waals surface area contributed by atoms with Crippen molar-refractivity contribution in [2.75, 3.05) is 19.8 Å². The number of rotatable bonds is 7. The van der Waals surface area contributed by atoms with Gasteiger partial charge in [-0.15, -0.1) is 0 Å². The molecule has 10 heteroatoms. The SMILES string of the molecule is CCOC(=O)C1(c2ccc(-c3noc(-c4cc(C)n(Cc5ccc(Cl)nc5)n4)n3)cc2)CCOCC1. The van der Waals surface area contributed by atoms with Gasteiger partial charge in [-0.3, -0.25) is 9.48 Å². The number of aryl methyl sites for hydroxylation is 1. The van der Waals surface area contributed by atoms with Crippen molar-refractivity contribution in [1.29, 1.82) is 0 Å². The standard InChI is InChI=1S/C26H26ClN5O4/c1-3-35-25(33)26(10-12-34-13-11-26)20-7-5-19(6-8-20)23-29-24(36-31-23)21-14-17(2)32(30-21)16-18-4-9-22(27)28-15-18/h4-9,14-15H,3,10-13,16H2,1-2H3. The van der Waals surface area contributed by atoms with E-state index in [9.17, 15) is 4.79 Å². The quantitative estimate of drug-likeness (QED) is 0.263. The average Bonchev–Trinajstić information content (AvgIpc) is 3.53. The van der Waals surface area contributed by atoms with Gasteiger partial charge in [0.05, 0.1) is 18.6 Å². The lowest BCUT2D eigenvalue weighted by Gasteiger charge is -2.35. The largest absolute Gasteiger partial charge is 0.465 e. The maximum atomic E-state index is 12.9. The summed E-state index contributed by atoms with van der Waals surface area (Å²) in [6.07, 6.45) is 2.90. The van der Waals surface area contributed by atoms with Crippen LogP contribution < -0.4 is 0 Å². The molecule has 1 aliphatic heterocycles. The Morgan fingerprint density at radius 3 is 2.64 bits per heavy atom. The zero-order chi connectivity index (χ0) is 25.1. The maximum Gasteiger partial charge on any atom is 0.316 e. The van der Waals surface area contributed by atoms with Crippen LogP contribution in [0.2, 0.25) is 5.15 Å². The van der Waals surface area contributed by atoms with Crippen molar-refractivity contribution in [2.45, 2.75) is 38.6 Å². The van der Waals surface area contributed by atoms with Crippen molar-refractivity contribution in [3.05, 3.63) is 70.6 Å². The fourth-order valence-electron chi connectivity index (χ4n) is 4.43. The molecule has 0 unspecified atom stereocenters. The predicted octanol–water partition coefficient (Wildman–Crippen LogP) is 4.62. The first-order valence-electron chi connectivity index (χ1n) is 11.8. The monoisotopic (exact) mass is 507 g/mol. The molecule has 4 heterocycles. The second-order valence-electron chi connectivity index (χ2n) is 8.73. The molecular formula is C26H26ClN5O4. The zero-order valence-electron chi connectivity index (χ0n) is 20.1. The molecule has 0 bridgehead atoms. The van der Waals surface area contributed by atoms with Gasteiger partial charge < -0.3 is 14.0 Å². The summed E-state index contributed by atoms with van der Waals surface area (Å²) < 4.78 is 18.3. The molecule has 4 aromatic rings. The Morgan fingerprint density at radius 2 is 1.94 bits per heavy atom. The Kier molecular flexibility index (Phi) is 6.84. The van der Waals surface area contributed by atoms with Gasteiger partial charge >= 0.3 is 5.97 Å². The molecule has 0 N–H and O–H groups in total. The van der Waals surface area contributed by atoms with E-state index in [2.05, 4.69) is 20.2 Å². The van der Waals surface area contributed by atoms with Crippen LogP contribution in [0.25, 0.3) is 23.0 Å². The van der Waals surface area contributed by atoms with Gasteiger partial charge in [-0.1, -0.05) is 47.1 Å². The topological polar surface area (TPSA) is 105 Å². The number of aromatic nitrogens is 5. The summed E-state index contributed by atoms with van der Waals surface area (Å²) in [5, 5.41) is 9.22. The number of pyridine rings is 1. The Balaban J connectivity index is 1.36. The highest BCUT2D eigenvalue weighted by Crippen LogP contribution is 2.37. The van der Waals surface area contributed by atoms with Gasteiger partial charge in [0.15, 0.2) is 5.69 Å². The normalized spacial score (nSPS) is 15.1. The zero-order valence-corrected chi connectivity index (χ0v) is 20.9. The number of ether oxygens (including phenoxy) is 2. The first-order chi connectivity index (χ1) is 17.5. The minimum Gasteiger partial charge on any atom is -0.465 e. The predicted molar refractivity (Wildman–Crippen MR) is 132 cm³/mol. The van der Waals surface area contributed by atoms with Crippen LogP contribution in [-0.2, 0) is 26.2 Å². The molecule has 0 saturated carbocycles. The fraction of sp³-hybridized carbons (Fsp3) is 0.346. The van der Waals surface area contributed by atoms with Crippen molar-refractivity contribution in [1.82, 2.24) is 24.9 Å². The lowest BCUT2D eigenvalue weighted by Crippen LogP contribution is -2.42. The van der Waals surface area contributed by atoms with Gasteiger partial charge in [-0.25, -0.2) is 4.98 Å². The molecule has 9 nitrogen and oxygen atoms in total. The summed E-state index contributed by atoms with van der Waals surface area (Å²) in [4.78, 5) is 21.5. The van der Waals surface area contributed by atoms with E-state index < -0.39 is 5.41 Å². The van der Waals surface area contributed by atoms with Crippen molar-refractivity contribution in [3.63, 3.8) is 0 Å². The highest BCUT2D eigenvalue weighted by molar-refractivity contribution is 6.29. The third-order valence-electron chi connectivity index (χ3n) is 6.46. The van der Waals surface area contributed by atoms with E-state index >= 15 is 0 Å². The third-order valence-corrected chi connectivity index (χ3v) is 6.68. The van der Waals surface area contributed by atoms with Crippen LogP contribution in [0.4, 0.5) is 0 Å².